The third-order valence-electron chi connectivity index (χ3n) is 3.73. The molecule has 25 heavy (non-hydrogen) atoms. The summed E-state index contributed by atoms with van der Waals surface area (Å²) in [6, 6.07) is 10.4. The zero-order valence-electron chi connectivity index (χ0n) is 13.0. The Morgan fingerprint density at radius 3 is 2.44 bits per heavy atom. The first-order chi connectivity index (χ1) is 12.2. The molecule has 3 heterocycles. The lowest BCUT2D eigenvalue weighted by molar-refractivity contribution is 0.0664. The quantitative estimate of drug-likeness (QED) is 0.515. The van der Waals surface area contributed by atoms with Crippen molar-refractivity contribution < 1.29 is 14.0 Å². The van der Waals surface area contributed by atoms with E-state index in [1.807, 2.05) is 6.07 Å². The molecule has 0 unspecified atom stereocenters. The molecule has 0 fully saturated rings. The zero-order chi connectivity index (χ0) is 17.2. The van der Waals surface area contributed by atoms with Gasteiger partial charge in [-0.3, -0.25) is 19.5 Å². The molecule has 7 nitrogen and oxygen atoms in total. The monoisotopic (exact) mass is 352 g/mol. The van der Waals surface area contributed by atoms with Crippen LogP contribution in [0.25, 0.3) is 11.5 Å². The van der Waals surface area contributed by atoms with E-state index in [0.29, 0.717) is 28.0 Å². The Morgan fingerprint density at radius 2 is 1.76 bits per heavy atom. The van der Waals surface area contributed by atoms with Crippen LogP contribution < -0.4 is 0 Å². The fraction of sp³-hybridized carbons (Fsp3) is 0.118. The third kappa shape index (κ3) is 2.91. The van der Waals surface area contributed by atoms with E-state index in [0.717, 1.165) is 5.56 Å². The molecular formula is C17H12N4O3S. The van der Waals surface area contributed by atoms with Gasteiger partial charge in [-0.2, -0.15) is 0 Å². The van der Waals surface area contributed by atoms with Gasteiger partial charge in [0.25, 0.3) is 17.0 Å². The number of benzene rings is 1. The smallest absolute Gasteiger partial charge is 0.276 e. The molecule has 2 aromatic heterocycles. The number of carbonyl (C=O) groups excluding carboxylic acids is 2. The largest absolute Gasteiger partial charge is 0.411 e. The van der Waals surface area contributed by atoms with E-state index >= 15 is 0 Å². The summed E-state index contributed by atoms with van der Waals surface area (Å²) in [5.41, 5.74) is 1.64. The summed E-state index contributed by atoms with van der Waals surface area (Å²) in [6.45, 7) is 0.279. The predicted octanol–water partition coefficient (Wildman–Crippen LogP) is 2.52. The van der Waals surface area contributed by atoms with Crippen LogP contribution in [0.15, 0.2) is 58.4 Å². The van der Waals surface area contributed by atoms with Crippen LogP contribution in [0.1, 0.15) is 20.7 Å². The molecule has 124 valence electrons. The van der Waals surface area contributed by atoms with Crippen LogP contribution >= 0.6 is 11.8 Å². The van der Waals surface area contributed by atoms with Gasteiger partial charge in [0.2, 0.25) is 5.89 Å². The molecule has 4 rings (SSSR count). The van der Waals surface area contributed by atoms with Crippen LogP contribution in [0.3, 0.4) is 0 Å². The lowest BCUT2D eigenvalue weighted by Gasteiger charge is -2.12. The first kappa shape index (κ1) is 15.5. The predicted molar refractivity (Wildman–Crippen MR) is 90.1 cm³/mol. The maximum Gasteiger partial charge on any atom is 0.276 e. The maximum atomic E-state index is 12.3. The Kier molecular flexibility index (Phi) is 4.02. The van der Waals surface area contributed by atoms with E-state index in [1.165, 1.54) is 16.7 Å². The second kappa shape index (κ2) is 6.48. The van der Waals surface area contributed by atoms with Crippen molar-refractivity contribution in [2.75, 3.05) is 12.3 Å². The van der Waals surface area contributed by atoms with Crippen molar-refractivity contribution >= 4 is 23.6 Å². The average Bonchev–Trinajstić information content (AvgIpc) is 3.22. The lowest BCUT2D eigenvalue weighted by atomic mass is 10.1. The van der Waals surface area contributed by atoms with Gasteiger partial charge in [0.15, 0.2) is 0 Å². The second-order valence-corrected chi connectivity index (χ2v) is 6.32. The standard InChI is InChI=1S/C17H12N4O3S/c22-15-12-5-1-2-6-13(12)16(23)21(15)8-9-25-17-20-19-14(24-17)11-4-3-7-18-10-11/h1-7,10H,8-9H2. The van der Waals surface area contributed by atoms with Gasteiger partial charge in [0, 0.05) is 24.7 Å². The van der Waals surface area contributed by atoms with Crippen molar-refractivity contribution in [2.24, 2.45) is 0 Å². The van der Waals surface area contributed by atoms with Gasteiger partial charge in [-0.1, -0.05) is 23.9 Å². The minimum Gasteiger partial charge on any atom is -0.411 e. The average molecular weight is 352 g/mol. The SMILES string of the molecule is O=C1c2ccccc2C(=O)N1CCSc1nnc(-c2cccnc2)o1. The Labute approximate surface area is 147 Å². The van der Waals surface area contributed by atoms with Crippen LogP contribution in [0, 0.1) is 0 Å². The van der Waals surface area contributed by atoms with Gasteiger partial charge in [0.05, 0.1) is 16.7 Å². The number of imide groups is 1. The van der Waals surface area contributed by atoms with E-state index < -0.39 is 0 Å². The van der Waals surface area contributed by atoms with E-state index in [1.54, 1.807) is 42.7 Å². The molecule has 8 heteroatoms. The van der Waals surface area contributed by atoms with E-state index in [4.69, 9.17) is 4.42 Å². The fourth-order valence-corrected chi connectivity index (χ4v) is 3.23. The van der Waals surface area contributed by atoms with Crippen LogP contribution in [0.4, 0.5) is 0 Å². The van der Waals surface area contributed by atoms with Crippen molar-refractivity contribution in [1.82, 2.24) is 20.1 Å². The number of hydrogen-bond donors (Lipinski definition) is 0. The molecular weight excluding hydrogens is 340 g/mol. The lowest BCUT2D eigenvalue weighted by Crippen LogP contribution is -2.31. The fourth-order valence-electron chi connectivity index (χ4n) is 2.54. The first-order valence-electron chi connectivity index (χ1n) is 7.56. The van der Waals surface area contributed by atoms with Crippen molar-refractivity contribution in [3.05, 3.63) is 59.9 Å². The Morgan fingerprint density at radius 1 is 1.00 bits per heavy atom. The molecule has 0 radical (unpaired) electrons. The van der Waals surface area contributed by atoms with Crippen LogP contribution in [0.2, 0.25) is 0 Å². The minimum atomic E-state index is -0.261. The van der Waals surface area contributed by atoms with Gasteiger partial charge < -0.3 is 4.42 Å². The molecule has 0 saturated heterocycles. The van der Waals surface area contributed by atoms with Gasteiger partial charge in [-0.15, -0.1) is 10.2 Å². The summed E-state index contributed by atoms with van der Waals surface area (Å²) in [5, 5.41) is 8.32. The molecule has 1 aromatic carbocycles. The van der Waals surface area contributed by atoms with Crippen molar-refractivity contribution in [3.63, 3.8) is 0 Å². The van der Waals surface area contributed by atoms with Crippen molar-refractivity contribution in [3.8, 4) is 11.5 Å². The molecule has 3 aromatic rings. The number of rotatable bonds is 5. The summed E-state index contributed by atoms with van der Waals surface area (Å²) in [6.07, 6.45) is 3.30. The van der Waals surface area contributed by atoms with Gasteiger partial charge in [0.1, 0.15) is 0 Å². The molecule has 2 amide bonds. The number of pyridine rings is 1. The summed E-state index contributed by atoms with van der Waals surface area (Å²) in [5.74, 6) is 0.335. The van der Waals surface area contributed by atoms with Crippen LogP contribution in [-0.4, -0.2) is 44.2 Å². The van der Waals surface area contributed by atoms with Gasteiger partial charge in [-0.05, 0) is 24.3 Å². The zero-order valence-corrected chi connectivity index (χ0v) is 13.8. The Bertz CT molecular complexity index is 907. The number of aromatic nitrogens is 3. The number of nitrogens with zero attached hydrogens (tertiary/aromatic N) is 4. The summed E-state index contributed by atoms with van der Waals surface area (Å²) in [7, 11) is 0. The summed E-state index contributed by atoms with van der Waals surface area (Å²) in [4.78, 5) is 29.8. The highest BCUT2D eigenvalue weighted by Crippen LogP contribution is 2.25. The number of thioether (sulfide) groups is 1. The normalized spacial score (nSPS) is 13.4. The third-order valence-corrected chi connectivity index (χ3v) is 4.53. The second-order valence-electron chi connectivity index (χ2n) is 5.27. The molecule has 0 spiro atoms. The molecule has 1 aliphatic heterocycles. The van der Waals surface area contributed by atoms with Crippen molar-refractivity contribution in [2.45, 2.75) is 5.22 Å². The van der Waals surface area contributed by atoms with Gasteiger partial charge in [-0.25, -0.2) is 0 Å². The van der Waals surface area contributed by atoms with Crippen molar-refractivity contribution in [1.29, 1.82) is 0 Å². The highest BCUT2D eigenvalue weighted by atomic mass is 32.2. The van der Waals surface area contributed by atoms with E-state index in [2.05, 4.69) is 15.2 Å². The molecule has 0 bridgehead atoms. The van der Waals surface area contributed by atoms with Crippen LogP contribution in [-0.2, 0) is 0 Å². The Balaban J connectivity index is 1.39. The first-order valence-corrected chi connectivity index (χ1v) is 8.54. The molecule has 1 aliphatic rings. The van der Waals surface area contributed by atoms with Gasteiger partial charge >= 0.3 is 0 Å². The molecule has 0 N–H and O–H groups in total. The number of fused-ring (bicyclic) bond motifs is 1. The minimum absolute atomic E-state index is 0.261. The van der Waals surface area contributed by atoms with E-state index in [9.17, 15) is 9.59 Å². The molecule has 0 aliphatic carbocycles. The topological polar surface area (TPSA) is 89.2 Å². The highest BCUT2D eigenvalue weighted by Gasteiger charge is 2.34. The summed E-state index contributed by atoms with van der Waals surface area (Å²) < 4.78 is 5.56. The molecule has 0 atom stereocenters. The number of amides is 2. The number of hydrogen-bond acceptors (Lipinski definition) is 7. The molecule has 0 saturated carbocycles. The van der Waals surface area contributed by atoms with E-state index in [-0.39, 0.29) is 18.4 Å². The number of carbonyl (C=O) groups is 2. The highest BCUT2D eigenvalue weighted by molar-refractivity contribution is 7.99. The summed E-state index contributed by atoms with van der Waals surface area (Å²) >= 11 is 1.30. The maximum absolute atomic E-state index is 12.3. The Hall–Kier alpha value is -3.00. The van der Waals surface area contributed by atoms with Crippen LogP contribution in [0.5, 0.6) is 0 Å².